The summed E-state index contributed by atoms with van der Waals surface area (Å²) in [6.07, 6.45) is 5.56. The number of nitrogens with zero attached hydrogens (tertiary/aromatic N) is 1. The molecule has 0 amide bonds. The molecule has 0 radical (unpaired) electrons. The normalized spacial score (nSPS) is 22.1. The number of halogens is 1. The molecular weight excluding hydrogens is 254 g/mol. The molecule has 1 aromatic rings. The van der Waals surface area contributed by atoms with Gasteiger partial charge in [0.05, 0.1) is 11.9 Å². The SMILES string of the molecule is Brc1ccc(NC2CCCNCC2)cn1. The van der Waals surface area contributed by atoms with Crippen molar-refractivity contribution >= 4 is 21.6 Å². The highest BCUT2D eigenvalue weighted by Gasteiger charge is 2.11. The molecule has 0 aromatic carbocycles. The third kappa shape index (κ3) is 3.47. The number of hydrogen-bond donors (Lipinski definition) is 2. The van der Waals surface area contributed by atoms with Gasteiger partial charge in [0.2, 0.25) is 0 Å². The highest BCUT2D eigenvalue weighted by Crippen LogP contribution is 2.15. The van der Waals surface area contributed by atoms with E-state index in [2.05, 4.69) is 37.6 Å². The summed E-state index contributed by atoms with van der Waals surface area (Å²) in [5.41, 5.74) is 1.12. The van der Waals surface area contributed by atoms with Gasteiger partial charge in [0.25, 0.3) is 0 Å². The summed E-state index contributed by atoms with van der Waals surface area (Å²) in [6.45, 7) is 2.26. The molecule has 0 saturated carbocycles. The van der Waals surface area contributed by atoms with Gasteiger partial charge in [-0.25, -0.2) is 4.98 Å². The highest BCUT2D eigenvalue weighted by molar-refractivity contribution is 9.10. The quantitative estimate of drug-likeness (QED) is 0.810. The smallest absolute Gasteiger partial charge is 0.106 e. The molecule has 1 aromatic heterocycles. The van der Waals surface area contributed by atoms with Gasteiger partial charge in [-0.1, -0.05) is 0 Å². The van der Waals surface area contributed by atoms with Crippen molar-refractivity contribution in [2.45, 2.75) is 25.3 Å². The Morgan fingerprint density at radius 2 is 2.27 bits per heavy atom. The second-order valence-electron chi connectivity index (χ2n) is 3.89. The van der Waals surface area contributed by atoms with Crippen molar-refractivity contribution in [3.8, 4) is 0 Å². The third-order valence-electron chi connectivity index (χ3n) is 2.67. The molecule has 0 aliphatic carbocycles. The second kappa shape index (κ2) is 5.47. The zero-order valence-corrected chi connectivity index (χ0v) is 10.3. The molecular formula is C11H16BrN3. The molecule has 1 unspecified atom stereocenters. The second-order valence-corrected chi connectivity index (χ2v) is 4.70. The van der Waals surface area contributed by atoms with Crippen LogP contribution in [0.1, 0.15) is 19.3 Å². The molecule has 1 atom stereocenters. The van der Waals surface area contributed by atoms with Crippen LogP contribution in [-0.2, 0) is 0 Å². The van der Waals surface area contributed by atoms with Crippen LogP contribution in [0.3, 0.4) is 0 Å². The van der Waals surface area contributed by atoms with Gasteiger partial charge >= 0.3 is 0 Å². The Labute approximate surface area is 98.8 Å². The van der Waals surface area contributed by atoms with Gasteiger partial charge in [-0.2, -0.15) is 0 Å². The zero-order chi connectivity index (χ0) is 10.5. The van der Waals surface area contributed by atoms with E-state index in [1.807, 2.05) is 12.3 Å². The first-order valence-electron chi connectivity index (χ1n) is 5.43. The van der Waals surface area contributed by atoms with E-state index < -0.39 is 0 Å². The van der Waals surface area contributed by atoms with Crippen LogP contribution >= 0.6 is 15.9 Å². The molecule has 82 valence electrons. The Balaban J connectivity index is 1.92. The van der Waals surface area contributed by atoms with E-state index in [0.717, 1.165) is 23.4 Å². The van der Waals surface area contributed by atoms with Crippen LogP contribution in [0.15, 0.2) is 22.9 Å². The number of rotatable bonds is 2. The molecule has 2 heterocycles. The Morgan fingerprint density at radius 1 is 1.33 bits per heavy atom. The van der Waals surface area contributed by atoms with E-state index in [9.17, 15) is 0 Å². The van der Waals surface area contributed by atoms with Crippen molar-refractivity contribution in [1.29, 1.82) is 0 Å². The summed E-state index contributed by atoms with van der Waals surface area (Å²) in [7, 11) is 0. The van der Waals surface area contributed by atoms with Gasteiger partial charge in [0, 0.05) is 6.04 Å². The lowest BCUT2D eigenvalue weighted by molar-refractivity contribution is 0.637. The van der Waals surface area contributed by atoms with Crippen molar-refractivity contribution in [2.75, 3.05) is 18.4 Å². The van der Waals surface area contributed by atoms with Crippen molar-refractivity contribution < 1.29 is 0 Å². The van der Waals surface area contributed by atoms with E-state index in [-0.39, 0.29) is 0 Å². The Bertz CT molecular complexity index is 291. The van der Waals surface area contributed by atoms with E-state index in [4.69, 9.17) is 0 Å². The first-order valence-corrected chi connectivity index (χ1v) is 6.23. The lowest BCUT2D eigenvalue weighted by Gasteiger charge is -2.16. The minimum atomic E-state index is 0.586. The Kier molecular flexibility index (Phi) is 3.97. The Morgan fingerprint density at radius 3 is 3.07 bits per heavy atom. The number of anilines is 1. The van der Waals surface area contributed by atoms with Gasteiger partial charge in [-0.05, 0) is 60.4 Å². The lowest BCUT2D eigenvalue weighted by atomic mass is 10.1. The zero-order valence-electron chi connectivity index (χ0n) is 8.67. The van der Waals surface area contributed by atoms with Crippen LogP contribution in [0.4, 0.5) is 5.69 Å². The third-order valence-corrected chi connectivity index (χ3v) is 3.14. The molecule has 2 rings (SSSR count). The lowest BCUT2D eigenvalue weighted by Crippen LogP contribution is -2.21. The highest BCUT2D eigenvalue weighted by atomic mass is 79.9. The first-order chi connectivity index (χ1) is 7.34. The summed E-state index contributed by atoms with van der Waals surface area (Å²) >= 11 is 3.33. The monoisotopic (exact) mass is 269 g/mol. The predicted molar refractivity (Wildman–Crippen MR) is 66.1 cm³/mol. The predicted octanol–water partition coefficient (Wildman–Crippen LogP) is 2.40. The average Bonchev–Trinajstić information content (AvgIpc) is 2.50. The molecule has 1 aliphatic heterocycles. The number of hydrogen-bond acceptors (Lipinski definition) is 3. The summed E-state index contributed by atoms with van der Waals surface area (Å²) in [6, 6.07) is 4.62. The Hall–Kier alpha value is -0.610. The van der Waals surface area contributed by atoms with Crippen LogP contribution in [0, 0.1) is 0 Å². The molecule has 4 heteroatoms. The van der Waals surface area contributed by atoms with Gasteiger partial charge < -0.3 is 10.6 Å². The fourth-order valence-electron chi connectivity index (χ4n) is 1.86. The van der Waals surface area contributed by atoms with Crippen LogP contribution in [-0.4, -0.2) is 24.1 Å². The van der Waals surface area contributed by atoms with Crippen molar-refractivity contribution in [2.24, 2.45) is 0 Å². The summed E-state index contributed by atoms with van der Waals surface area (Å²) in [5.74, 6) is 0. The molecule has 1 saturated heterocycles. The maximum absolute atomic E-state index is 4.21. The minimum Gasteiger partial charge on any atom is -0.381 e. The van der Waals surface area contributed by atoms with Crippen molar-refractivity contribution in [3.63, 3.8) is 0 Å². The molecule has 2 N–H and O–H groups in total. The molecule has 1 fully saturated rings. The molecule has 15 heavy (non-hydrogen) atoms. The standard InChI is InChI=1S/C11H16BrN3/c12-11-4-3-10(8-14-11)15-9-2-1-6-13-7-5-9/h3-4,8-9,13,15H,1-2,5-7H2. The van der Waals surface area contributed by atoms with Gasteiger partial charge in [0.1, 0.15) is 4.60 Å². The average molecular weight is 270 g/mol. The molecule has 0 bridgehead atoms. The fraction of sp³-hybridized carbons (Fsp3) is 0.545. The van der Waals surface area contributed by atoms with E-state index in [0.29, 0.717) is 6.04 Å². The van der Waals surface area contributed by atoms with Crippen LogP contribution in [0.25, 0.3) is 0 Å². The van der Waals surface area contributed by atoms with E-state index in [1.165, 1.54) is 19.3 Å². The number of pyridine rings is 1. The topological polar surface area (TPSA) is 37.0 Å². The fourth-order valence-corrected chi connectivity index (χ4v) is 2.09. The van der Waals surface area contributed by atoms with Crippen LogP contribution in [0.2, 0.25) is 0 Å². The van der Waals surface area contributed by atoms with Gasteiger partial charge in [-0.3, -0.25) is 0 Å². The molecule has 0 spiro atoms. The van der Waals surface area contributed by atoms with Gasteiger partial charge in [0.15, 0.2) is 0 Å². The van der Waals surface area contributed by atoms with Crippen molar-refractivity contribution in [3.05, 3.63) is 22.9 Å². The molecule has 1 aliphatic rings. The maximum Gasteiger partial charge on any atom is 0.106 e. The van der Waals surface area contributed by atoms with Crippen molar-refractivity contribution in [1.82, 2.24) is 10.3 Å². The molecule has 3 nitrogen and oxygen atoms in total. The first kappa shape index (κ1) is 10.9. The maximum atomic E-state index is 4.21. The summed E-state index contributed by atoms with van der Waals surface area (Å²) in [4.78, 5) is 4.21. The van der Waals surface area contributed by atoms with Crippen LogP contribution < -0.4 is 10.6 Å². The summed E-state index contributed by atoms with van der Waals surface area (Å²) < 4.78 is 0.885. The van der Waals surface area contributed by atoms with Crippen LogP contribution in [0.5, 0.6) is 0 Å². The largest absolute Gasteiger partial charge is 0.381 e. The van der Waals surface area contributed by atoms with Gasteiger partial charge in [-0.15, -0.1) is 0 Å². The van der Waals surface area contributed by atoms with E-state index >= 15 is 0 Å². The number of nitrogens with one attached hydrogen (secondary N) is 2. The summed E-state index contributed by atoms with van der Waals surface area (Å²) in [5, 5.41) is 6.93. The minimum absolute atomic E-state index is 0.586. The number of aromatic nitrogens is 1. The van der Waals surface area contributed by atoms with E-state index in [1.54, 1.807) is 0 Å².